The highest BCUT2D eigenvalue weighted by atomic mass is 16.5. The van der Waals surface area contributed by atoms with Crippen LogP contribution in [0.15, 0.2) is 18.3 Å². The highest BCUT2D eigenvalue weighted by Crippen LogP contribution is 2.31. The minimum absolute atomic E-state index is 0.554. The highest BCUT2D eigenvalue weighted by Gasteiger charge is 2.17. The maximum absolute atomic E-state index is 6.00. The van der Waals surface area contributed by atoms with Crippen molar-refractivity contribution in [2.75, 3.05) is 12.3 Å². The van der Waals surface area contributed by atoms with Gasteiger partial charge in [0.1, 0.15) is 5.75 Å². The molecule has 0 bridgehead atoms. The third-order valence-corrected chi connectivity index (χ3v) is 3.90. The fourth-order valence-electron chi connectivity index (χ4n) is 2.90. The van der Waals surface area contributed by atoms with E-state index in [0.717, 1.165) is 16.7 Å². The van der Waals surface area contributed by atoms with E-state index in [-0.39, 0.29) is 0 Å². The summed E-state index contributed by atoms with van der Waals surface area (Å²) in [7, 11) is 0. The Bertz CT molecular complexity index is 570. The first kappa shape index (κ1) is 12.3. The van der Waals surface area contributed by atoms with Crippen LogP contribution < -0.4 is 10.5 Å². The van der Waals surface area contributed by atoms with E-state index in [9.17, 15) is 0 Å². The number of nitrogens with two attached hydrogens (primary N) is 1. The van der Waals surface area contributed by atoms with Crippen molar-refractivity contribution in [1.29, 1.82) is 0 Å². The lowest BCUT2D eigenvalue weighted by molar-refractivity contribution is 0.331. The molecule has 1 aliphatic rings. The number of nitrogens with zero attached hydrogens (tertiary/aromatic N) is 2. The normalized spacial score (nSPS) is 16.9. The van der Waals surface area contributed by atoms with Gasteiger partial charge in [0.15, 0.2) is 0 Å². The number of hydrogen-bond donors (Lipinski definition) is 1. The molecule has 1 saturated carbocycles. The summed E-state index contributed by atoms with van der Waals surface area (Å²) in [6.45, 7) is 2.59. The van der Waals surface area contributed by atoms with Crippen LogP contribution in [-0.2, 0) is 0 Å². The van der Waals surface area contributed by atoms with Gasteiger partial charge in [-0.25, -0.2) is 0 Å². The summed E-state index contributed by atoms with van der Waals surface area (Å²) in [5.41, 5.74) is 7.67. The molecule has 0 aliphatic heterocycles. The molecule has 0 unspecified atom stereocenters. The molecule has 1 aliphatic carbocycles. The Morgan fingerprint density at radius 3 is 2.84 bits per heavy atom. The van der Waals surface area contributed by atoms with Crippen LogP contribution in [0.25, 0.3) is 10.9 Å². The zero-order chi connectivity index (χ0) is 13.2. The molecular weight excluding hydrogens is 238 g/mol. The molecule has 4 heteroatoms. The van der Waals surface area contributed by atoms with Gasteiger partial charge in [0.2, 0.25) is 0 Å². The number of hydrogen-bond acceptors (Lipinski definition) is 3. The molecule has 0 spiro atoms. The Balaban J connectivity index is 1.95. The molecule has 19 heavy (non-hydrogen) atoms. The fourth-order valence-corrected chi connectivity index (χ4v) is 2.90. The lowest BCUT2D eigenvalue weighted by Gasteiger charge is -2.21. The first-order valence-corrected chi connectivity index (χ1v) is 7.19. The second-order valence-corrected chi connectivity index (χ2v) is 5.28. The first-order chi connectivity index (χ1) is 9.28. The third-order valence-electron chi connectivity index (χ3n) is 3.90. The van der Waals surface area contributed by atoms with Gasteiger partial charge in [-0.2, -0.15) is 5.10 Å². The molecule has 1 fully saturated rings. The van der Waals surface area contributed by atoms with Gasteiger partial charge in [-0.15, -0.1) is 0 Å². The second kappa shape index (κ2) is 5.11. The lowest BCUT2D eigenvalue weighted by atomic mass is 9.96. The van der Waals surface area contributed by atoms with Crippen LogP contribution >= 0.6 is 0 Å². The first-order valence-electron chi connectivity index (χ1n) is 7.19. The van der Waals surface area contributed by atoms with E-state index >= 15 is 0 Å². The predicted molar refractivity (Wildman–Crippen MR) is 77.4 cm³/mol. The smallest absolute Gasteiger partial charge is 0.144 e. The van der Waals surface area contributed by atoms with E-state index in [4.69, 9.17) is 15.6 Å². The molecule has 102 valence electrons. The minimum atomic E-state index is 0.554. The van der Waals surface area contributed by atoms with Crippen molar-refractivity contribution in [2.45, 2.75) is 45.1 Å². The van der Waals surface area contributed by atoms with Gasteiger partial charge in [0, 0.05) is 17.6 Å². The standard InChI is InChI=1S/C15H21N3O/c1-2-19-15-9-14-11(8-13(15)16)10-18(17-14)12-6-4-3-5-7-12/h8-10,12H,2-7,16H2,1H3. The maximum Gasteiger partial charge on any atom is 0.144 e. The van der Waals surface area contributed by atoms with Crippen molar-refractivity contribution in [2.24, 2.45) is 0 Å². The van der Waals surface area contributed by atoms with Crippen LogP contribution in [0.2, 0.25) is 0 Å². The van der Waals surface area contributed by atoms with Crippen molar-refractivity contribution in [1.82, 2.24) is 9.78 Å². The zero-order valence-electron chi connectivity index (χ0n) is 11.4. The average Bonchev–Trinajstić information content (AvgIpc) is 2.83. The number of aromatic nitrogens is 2. The molecule has 1 aromatic carbocycles. The molecule has 0 radical (unpaired) electrons. The number of rotatable bonds is 3. The topological polar surface area (TPSA) is 53.1 Å². The lowest BCUT2D eigenvalue weighted by Crippen LogP contribution is -2.12. The summed E-state index contributed by atoms with van der Waals surface area (Å²) in [6.07, 6.45) is 8.58. The van der Waals surface area contributed by atoms with Gasteiger partial charge in [-0.3, -0.25) is 4.68 Å². The molecular formula is C15H21N3O. The summed E-state index contributed by atoms with van der Waals surface area (Å²) >= 11 is 0. The van der Waals surface area contributed by atoms with E-state index < -0.39 is 0 Å². The summed E-state index contributed by atoms with van der Waals surface area (Å²) in [5, 5.41) is 5.80. The van der Waals surface area contributed by atoms with Crippen molar-refractivity contribution in [3.8, 4) is 5.75 Å². The van der Waals surface area contributed by atoms with Crippen LogP contribution in [-0.4, -0.2) is 16.4 Å². The molecule has 2 N–H and O–H groups in total. The number of fused-ring (bicyclic) bond motifs is 1. The Hall–Kier alpha value is -1.71. The average molecular weight is 259 g/mol. The maximum atomic E-state index is 6.00. The molecule has 2 aromatic rings. The van der Waals surface area contributed by atoms with Crippen LogP contribution in [0.5, 0.6) is 5.75 Å². The van der Waals surface area contributed by atoms with Crippen molar-refractivity contribution in [3.05, 3.63) is 18.3 Å². The number of benzene rings is 1. The Labute approximate surface area is 113 Å². The van der Waals surface area contributed by atoms with Crippen LogP contribution in [0.4, 0.5) is 5.69 Å². The third kappa shape index (κ3) is 2.39. The number of nitrogen functional groups attached to an aromatic ring is 1. The largest absolute Gasteiger partial charge is 0.492 e. The van der Waals surface area contributed by atoms with Gasteiger partial charge < -0.3 is 10.5 Å². The fraction of sp³-hybridized carbons (Fsp3) is 0.533. The van der Waals surface area contributed by atoms with Gasteiger partial charge in [0.05, 0.1) is 23.9 Å². The monoisotopic (exact) mass is 259 g/mol. The molecule has 4 nitrogen and oxygen atoms in total. The number of ether oxygens (including phenoxy) is 1. The molecule has 1 heterocycles. The quantitative estimate of drug-likeness (QED) is 0.858. The summed E-state index contributed by atoms with van der Waals surface area (Å²) in [6, 6.07) is 4.47. The Kier molecular flexibility index (Phi) is 3.32. The highest BCUT2D eigenvalue weighted by molar-refractivity contribution is 5.84. The van der Waals surface area contributed by atoms with E-state index in [2.05, 4.69) is 10.9 Å². The summed E-state index contributed by atoms with van der Waals surface area (Å²) in [5.74, 6) is 0.740. The van der Waals surface area contributed by atoms with Crippen LogP contribution in [0.1, 0.15) is 45.1 Å². The second-order valence-electron chi connectivity index (χ2n) is 5.28. The predicted octanol–water partition coefficient (Wildman–Crippen LogP) is 3.52. The van der Waals surface area contributed by atoms with E-state index in [1.54, 1.807) is 0 Å². The van der Waals surface area contributed by atoms with Crippen molar-refractivity contribution < 1.29 is 4.74 Å². The summed E-state index contributed by atoms with van der Waals surface area (Å²) < 4.78 is 7.65. The minimum Gasteiger partial charge on any atom is -0.492 e. The Morgan fingerprint density at radius 1 is 1.32 bits per heavy atom. The van der Waals surface area contributed by atoms with Crippen molar-refractivity contribution in [3.63, 3.8) is 0 Å². The van der Waals surface area contributed by atoms with Gasteiger partial charge in [0.25, 0.3) is 0 Å². The van der Waals surface area contributed by atoms with Crippen LogP contribution in [0.3, 0.4) is 0 Å². The van der Waals surface area contributed by atoms with Gasteiger partial charge >= 0.3 is 0 Å². The van der Waals surface area contributed by atoms with E-state index in [0.29, 0.717) is 18.3 Å². The van der Waals surface area contributed by atoms with Gasteiger partial charge in [-0.05, 0) is 25.8 Å². The van der Waals surface area contributed by atoms with E-state index in [1.165, 1.54) is 32.1 Å². The molecule has 3 rings (SSSR count). The van der Waals surface area contributed by atoms with Gasteiger partial charge in [-0.1, -0.05) is 19.3 Å². The molecule has 0 saturated heterocycles. The molecule has 0 amide bonds. The molecule has 0 atom stereocenters. The summed E-state index contributed by atoms with van der Waals surface area (Å²) in [4.78, 5) is 0. The molecule has 1 aromatic heterocycles. The number of anilines is 1. The van der Waals surface area contributed by atoms with Crippen LogP contribution in [0, 0.1) is 0 Å². The van der Waals surface area contributed by atoms with Crippen molar-refractivity contribution >= 4 is 16.6 Å². The van der Waals surface area contributed by atoms with E-state index in [1.807, 2.05) is 19.1 Å². The zero-order valence-corrected chi connectivity index (χ0v) is 11.4. The SMILES string of the molecule is CCOc1cc2nn(C3CCCCC3)cc2cc1N. The Morgan fingerprint density at radius 2 is 2.11 bits per heavy atom.